The van der Waals surface area contributed by atoms with Crippen LogP contribution in [0.1, 0.15) is 76.8 Å². The molecule has 0 bridgehead atoms. The van der Waals surface area contributed by atoms with Crippen molar-refractivity contribution in [1.29, 1.82) is 0 Å². The highest BCUT2D eigenvalue weighted by molar-refractivity contribution is 5.82. The molecule has 30 heavy (non-hydrogen) atoms. The highest BCUT2D eigenvalue weighted by atomic mass is 16.6. The van der Waals surface area contributed by atoms with Crippen LogP contribution in [-0.4, -0.2) is 60.8 Å². The minimum atomic E-state index is -1.12. The molecule has 1 aliphatic heterocycles. The SMILES string of the molecule is CCCOC(CCC)[C@H]1O[C@@H](n2c(C3CCCC3)nc3c(N)ncnc32)[C@H](O)[C@@H]1O. The summed E-state index contributed by atoms with van der Waals surface area (Å²) in [5, 5.41) is 21.8. The number of ether oxygens (including phenoxy) is 2. The number of aromatic nitrogens is 4. The molecular formula is C21H33N5O4. The van der Waals surface area contributed by atoms with Crippen molar-refractivity contribution in [3.63, 3.8) is 0 Å². The number of nitrogen functional groups attached to an aromatic ring is 1. The van der Waals surface area contributed by atoms with Crippen LogP contribution < -0.4 is 5.73 Å². The molecule has 2 aromatic rings. The molecule has 5 atom stereocenters. The molecule has 0 spiro atoms. The molecule has 2 aromatic heterocycles. The second kappa shape index (κ2) is 9.13. The van der Waals surface area contributed by atoms with Gasteiger partial charge < -0.3 is 25.4 Å². The molecule has 0 aromatic carbocycles. The lowest BCUT2D eigenvalue weighted by atomic mass is 10.0. The molecule has 1 unspecified atom stereocenters. The first kappa shape index (κ1) is 21.4. The Hall–Kier alpha value is -1.81. The lowest BCUT2D eigenvalue weighted by molar-refractivity contribution is -0.110. The van der Waals surface area contributed by atoms with Crippen LogP contribution in [0, 0.1) is 0 Å². The van der Waals surface area contributed by atoms with Gasteiger partial charge >= 0.3 is 0 Å². The number of fused-ring (bicyclic) bond motifs is 1. The molecule has 1 saturated carbocycles. The smallest absolute Gasteiger partial charge is 0.167 e. The van der Waals surface area contributed by atoms with Crippen molar-refractivity contribution < 1.29 is 19.7 Å². The Labute approximate surface area is 176 Å². The van der Waals surface area contributed by atoms with Gasteiger partial charge in [0.2, 0.25) is 0 Å². The number of nitrogens with zero attached hydrogens (tertiary/aromatic N) is 4. The Bertz CT molecular complexity index is 853. The maximum Gasteiger partial charge on any atom is 0.167 e. The Balaban J connectivity index is 1.72. The molecule has 166 valence electrons. The summed E-state index contributed by atoms with van der Waals surface area (Å²) in [4.78, 5) is 13.2. The zero-order valence-corrected chi connectivity index (χ0v) is 17.8. The van der Waals surface area contributed by atoms with Crippen molar-refractivity contribution in [2.75, 3.05) is 12.3 Å². The zero-order valence-electron chi connectivity index (χ0n) is 17.8. The molecule has 0 radical (unpaired) electrons. The van der Waals surface area contributed by atoms with E-state index in [2.05, 4.69) is 16.9 Å². The molecule has 1 saturated heterocycles. The number of aliphatic hydroxyl groups is 2. The highest BCUT2D eigenvalue weighted by Gasteiger charge is 2.49. The summed E-state index contributed by atoms with van der Waals surface area (Å²) in [5.74, 6) is 1.35. The summed E-state index contributed by atoms with van der Waals surface area (Å²) in [5.41, 5.74) is 7.11. The molecular weight excluding hydrogens is 386 g/mol. The third-order valence-electron chi connectivity index (χ3n) is 6.26. The van der Waals surface area contributed by atoms with E-state index in [1.54, 1.807) is 0 Å². The van der Waals surface area contributed by atoms with E-state index in [9.17, 15) is 10.2 Å². The van der Waals surface area contributed by atoms with E-state index in [-0.39, 0.29) is 12.0 Å². The topological polar surface area (TPSA) is 129 Å². The number of hydrogen-bond donors (Lipinski definition) is 3. The van der Waals surface area contributed by atoms with Gasteiger partial charge in [-0.3, -0.25) is 4.57 Å². The van der Waals surface area contributed by atoms with Gasteiger partial charge in [-0.2, -0.15) is 0 Å². The molecule has 9 heteroatoms. The fraction of sp³-hybridized carbons (Fsp3) is 0.762. The summed E-state index contributed by atoms with van der Waals surface area (Å²) < 4.78 is 14.1. The van der Waals surface area contributed by atoms with Gasteiger partial charge in [0.25, 0.3) is 0 Å². The molecule has 2 fully saturated rings. The lowest BCUT2D eigenvalue weighted by Gasteiger charge is -2.26. The van der Waals surface area contributed by atoms with Crippen molar-refractivity contribution in [2.24, 2.45) is 0 Å². The van der Waals surface area contributed by atoms with Crippen LogP contribution in [0.5, 0.6) is 0 Å². The van der Waals surface area contributed by atoms with E-state index in [4.69, 9.17) is 20.2 Å². The first-order chi connectivity index (χ1) is 14.6. The van der Waals surface area contributed by atoms with Crippen LogP contribution in [0.15, 0.2) is 6.33 Å². The average molecular weight is 420 g/mol. The zero-order chi connectivity index (χ0) is 21.3. The van der Waals surface area contributed by atoms with E-state index in [0.717, 1.165) is 50.8 Å². The van der Waals surface area contributed by atoms with Crippen molar-refractivity contribution in [3.05, 3.63) is 12.2 Å². The number of anilines is 1. The van der Waals surface area contributed by atoms with Crippen LogP contribution in [-0.2, 0) is 9.47 Å². The largest absolute Gasteiger partial charge is 0.387 e. The second-order valence-corrected chi connectivity index (χ2v) is 8.42. The van der Waals surface area contributed by atoms with Crippen molar-refractivity contribution in [2.45, 2.75) is 95.4 Å². The molecule has 1 aliphatic carbocycles. The van der Waals surface area contributed by atoms with Gasteiger partial charge in [-0.25, -0.2) is 15.0 Å². The van der Waals surface area contributed by atoms with Crippen LogP contribution in [0.25, 0.3) is 11.2 Å². The minimum Gasteiger partial charge on any atom is -0.387 e. The van der Waals surface area contributed by atoms with Crippen molar-refractivity contribution >= 4 is 17.0 Å². The van der Waals surface area contributed by atoms with Gasteiger partial charge in [-0.1, -0.05) is 33.1 Å². The fourth-order valence-electron chi connectivity index (χ4n) is 4.77. The summed E-state index contributed by atoms with van der Waals surface area (Å²) in [7, 11) is 0. The van der Waals surface area contributed by atoms with Gasteiger partial charge in [-0.05, 0) is 25.7 Å². The van der Waals surface area contributed by atoms with Crippen molar-refractivity contribution in [3.8, 4) is 0 Å². The Morgan fingerprint density at radius 2 is 1.97 bits per heavy atom. The summed E-state index contributed by atoms with van der Waals surface area (Å²) in [6.45, 7) is 4.70. The number of hydrogen-bond acceptors (Lipinski definition) is 8. The van der Waals surface area contributed by atoms with Crippen LogP contribution in [0.4, 0.5) is 5.82 Å². The molecule has 2 aliphatic rings. The normalized spacial score (nSPS) is 28.5. The van der Waals surface area contributed by atoms with Gasteiger partial charge in [0.15, 0.2) is 23.2 Å². The molecule has 4 N–H and O–H groups in total. The van der Waals surface area contributed by atoms with Crippen LogP contribution in [0.3, 0.4) is 0 Å². The fourth-order valence-corrected chi connectivity index (χ4v) is 4.77. The molecule has 9 nitrogen and oxygen atoms in total. The van der Waals surface area contributed by atoms with Gasteiger partial charge in [0.05, 0.1) is 6.10 Å². The maximum absolute atomic E-state index is 11.0. The predicted octanol–water partition coefficient (Wildman–Crippen LogP) is 2.28. The quantitative estimate of drug-likeness (QED) is 0.594. The predicted molar refractivity (Wildman–Crippen MR) is 112 cm³/mol. The lowest BCUT2D eigenvalue weighted by Crippen LogP contribution is -2.40. The average Bonchev–Trinajstić information content (AvgIpc) is 3.45. The Morgan fingerprint density at radius 1 is 1.20 bits per heavy atom. The Kier molecular flexibility index (Phi) is 6.52. The summed E-state index contributed by atoms with van der Waals surface area (Å²) in [6, 6.07) is 0. The molecule has 4 rings (SSSR count). The third-order valence-corrected chi connectivity index (χ3v) is 6.26. The number of imidazole rings is 1. The highest BCUT2D eigenvalue weighted by Crippen LogP contribution is 2.41. The van der Waals surface area contributed by atoms with Gasteiger partial charge in [-0.15, -0.1) is 0 Å². The summed E-state index contributed by atoms with van der Waals surface area (Å²) in [6.07, 6.45) is 4.34. The van der Waals surface area contributed by atoms with Crippen molar-refractivity contribution in [1.82, 2.24) is 19.5 Å². The van der Waals surface area contributed by atoms with E-state index >= 15 is 0 Å². The third kappa shape index (κ3) is 3.79. The van der Waals surface area contributed by atoms with Crippen LogP contribution >= 0.6 is 0 Å². The van der Waals surface area contributed by atoms with E-state index in [1.165, 1.54) is 6.33 Å². The number of aliphatic hydroxyl groups excluding tert-OH is 2. The maximum atomic E-state index is 11.0. The van der Waals surface area contributed by atoms with E-state index in [1.807, 2.05) is 11.5 Å². The Morgan fingerprint density at radius 3 is 2.67 bits per heavy atom. The van der Waals surface area contributed by atoms with Crippen LogP contribution in [0.2, 0.25) is 0 Å². The van der Waals surface area contributed by atoms with Gasteiger partial charge in [0.1, 0.15) is 30.5 Å². The summed E-state index contributed by atoms with van der Waals surface area (Å²) >= 11 is 0. The number of rotatable bonds is 8. The van der Waals surface area contributed by atoms with E-state index < -0.39 is 24.5 Å². The second-order valence-electron chi connectivity index (χ2n) is 8.42. The number of nitrogens with two attached hydrogens (primary N) is 1. The standard InChI is InChI=1S/C21H33N5O4/c1-3-7-13(29-10-4-2)17-15(27)16(28)21(30-17)26-19(12-8-5-6-9-12)25-14-18(22)23-11-24-20(14)26/h11-13,15-17,21,27-28H,3-10H2,1-2H3,(H2,22,23,24)/t13?,15-,16+,17+,21+/m0/s1. The first-order valence-electron chi connectivity index (χ1n) is 11.2. The first-order valence-corrected chi connectivity index (χ1v) is 11.2. The monoisotopic (exact) mass is 419 g/mol. The molecule has 3 heterocycles. The van der Waals surface area contributed by atoms with E-state index in [0.29, 0.717) is 23.6 Å². The molecule has 0 amide bonds. The van der Waals surface area contributed by atoms with Gasteiger partial charge in [0, 0.05) is 12.5 Å². The minimum absolute atomic E-state index is 0.244.